The first-order chi connectivity index (χ1) is 12.6. The molecule has 1 aromatic carbocycles. The number of pyridine rings is 1. The molecule has 0 radical (unpaired) electrons. The van der Waals surface area contributed by atoms with E-state index in [4.69, 9.17) is 4.74 Å². The number of hydrogen-bond donors (Lipinski definition) is 1. The molecule has 0 unspecified atom stereocenters. The highest BCUT2D eigenvalue weighted by Crippen LogP contribution is 2.40. The topological polar surface area (TPSA) is 62.7 Å². The molecule has 1 fully saturated rings. The summed E-state index contributed by atoms with van der Waals surface area (Å²) < 4.78 is 5.91. The Kier molecular flexibility index (Phi) is 4.47. The Bertz CT molecular complexity index is 861. The standard InChI is InChI=1S/C21H22N2O3/c1-14-3-2-10-23(12-14)13-17-18(24)5-4-16-20(25)19(26-21(16)17)11-15-6-8-22-9-7-15/h4-9,11,14,24H,2-3,10,12-13H2,1H3/b19-11-/t14-/m1/s1. The van der Waals surface area contributed by atoms with Gasteiger partial charge in [-0.25, -0.2) is 0 Å². The first-order valence-corrected chi connectivity index (χ1v) is 9.03. The molecule has 2 aliphatic rings. The van der Waals surface area contributed by atoms with Crippen molar-refractivity contribution >= 4 is 11.9 Å². The fourth-order valence-electron chi connectivity index (χ4n) is 3.71. The molecule has 0 amide bonds. The summed E-state index contributed by atoms with van der Waals surface area (Å²) >= 11 is 0. The Morgan fingerprint density at radius 3 is 2.88 bits per heavy atom. The summed E-state index contributed by atoms with van der Waals surface area (Å²) in [5.74, 6) is 1.45. The molecular formula is C21H22N2O3. The molecule has 0 saturated carbocycles. The number of hydrogen-bond acceptors (Lipinski definition) is 5. The lowest BCUT2D eigenvalue weighted by Crippen LogP contribution is -2.33. The van der Waals surface area contributed by atoms with Crippen LogP contribution >= 0.6 is 0 Å². The van der Waals surface area contributed by atoms with Crippen LogP contribution in [0, 0.1) is 5.92 Å². The maximum Gasteiger partial charge on any atom is 0.231 e. The van der Waals surface area contributed by atoms with Crippen LogP contribution in [0.3, 0.4) is 0 Å². The number of aromatic hydroxyl groups is 1. The number of nitrogens with zero attached hydrogens (tertiary/aromatic N) is 2. The van der Waals surface area contributed by atoms with E-state index >= 15 is 0 Å². The van der Waals surface area contributed by atoms with Crippen molar-refractivity contribution in [3.8, 4) is 11.5 Å². The van der Waals surface area contributed by atoms with Crippen LogP contribution in [-0.4, -0.2) is 33.9 Å². The van der Waals surface area contributed by atoms with Crippen LogP contribution in [0.15, 0.2) is 42.4 Å². The smallest absolute Gasteiger partial charge is 0.231 e. The molecule has 5 heteroatoms. The summed E-state index contributed by atoms with van der Waals surface area (Å²) in [7, 11) is 0. The number of carbonyl (C=O) groups is 1. The fraction of sp³-hybridized carbons (Fsp3) is 0.333. The number of phenolic OH excluding ortho intramolecular Hbond substituents is 1. The zero-order chi connectivity index (χ0) is 18.1. The van der Waals surface area contributed by atoms with Gasteiger partial charge >= 0.3 is 0 Å². The Morgan fingerprint density at radius 1 is 1.31 bits per heavy atom. The van der Waals surface area contributed by atoms with Gasteiger partial charge in [0.1, 0.15) is 11.5 Å². The van der Waals surface area contributed by atoms with Crippen LogP contribution in [-0.2, 0) is 6.54 Å². The Balaban J connectivity index is 1.64. The molecule has 0 aliphatic carbocycles. The second-order valence-electron chi connectivity index (χ2n) is 7.14. The third kappa shape index (κ3) is 3.22. The quantitative estimate of drug-likeness (QED) is 0.857. The largest absolute Gasteiger partial charge is 0.507 e. The SMILES string of the molecule is C[C@@H]1CCCN(Cc2c(O)ccc3c2O/C(=C\c2ccncc2)C3=O)C1. The number of ketones is 1. The van der Waals surface area contributed by atoms with Crippen molar-refractivity contribution in [1.82, 2.24) is 9.88 Å². The molecule has 0 spiro atoms. The van der Waals surface area contributed by atoms with Crippen LogP contribution in [0.2, 0.25) is 0 Å². The van der Waals surface area contributed by atoms with Gasteiger partial charge in [0.2, 0.25) is 5.78 Å². The molecule has 0 bridgehead atoms. The Labute approximate surface area is 152 Å². The Hall–Kier alpha value is -2.66. The minimum absolute atomic E-state index is 0.148. The van der Waals surface area contributed by atoms with E-state index in [-0.39, 0.29) is 17.3 Å². The number of likely N-dealkylation sites (tertiary alicyclic amines) is 1. The number of rotatable bonds is 3. The molecule has 1 aromatic heterocycles. The van der Waals surface area contributed by atoms with Crippen molar-refractivity contribution in [3.05, 3.63) is 59.1 Å². The van der Waals surface area contributed by atoms with Crippen LogP contribution < -0.4 is 4.74 Å². The van der Waals surface area contributed by atoms with E-state index in [1.807, 2.05) is 12.1 Å². The number of carbonyl (C=O) groups excluding carboxylic acids is 1. The summed E-state index contributed by atoms with van der Waals surface area (Å²) in [6.45, 7) is 4.84. The van der Waals surface area contributed by atoms with Crippen LogP contribution in [0.25, 0.3) is 6.08 Å². The lowest BCUT2D eigenvalue weighted by atomic mass is 9.99. The van der Waals surface area contributed by atoms with Gasteiger partial charge in [-0.05, 0) is 61.2 Å². The predicted octanol–water partition coefficient (Wildman–Crippen LogP) is 3.64. The molecule has 26 heavy (non-hydrogen) atoms. The zero-order valence-corrected chi connectivity index (χ0v) is 14.8. The highest BCUT2D eigenvalue weighted by molar-refractivity contribution is 6.14. The molecular weight excluding hydrogens is 328 g/mol. The number of phenols is 1. The van der Waals surface area contributed by atoms with Gasteiger partial charge in [-0.2, -0.15) is 0 Å². The maximum absolute atomic E-state index is 12.7. The van der Waals surface area contributed by atoms with Crippen molar-refractivity contribution in [3.63, 3.8) is 0 Å². The minimum Gasteiger partial charge on any atom is -0.507 e. The van der Waals surface area contributed by atoms with Crippen LogP contribution in [0.4, 0.5) is 0 Å². The first kappa shape index (κ1) is 16.8. The van der Waals surface area contributed by atoms with Crippen LogP contribution in [0.1, 0.15) is 41.3 Å². The fourth-order valence-corrected chi connectivity index (χ4v) is 3.71. The van der Waals surface area contributed by atoms with Gasteiger partial charge in [-0.15, -0.1) is 0 Å². The van der Waals surface area contributed by atoms with Gasteiger partial charge < -0.3 is 9.84 Å². The zero-order valence-electron chi connectivity index (χ0n) is 14.8. The van der Waals surface area contributed by atoms with Gasteiger partial charge in [-0.1, -0.05) is 6.92 Å². The second-order valence-corrected chi connectivity index (χ2v) is 7.14. The van der Waals surface area contributed by atoms with Crippen molar-refractivity contribution in [1.29, 1.82) is 0 Å². The normalized spacial score (nSPS) is 21.7. The summed E-state index contributed by atoms with van der Waals surface area (Å²) in [6.07, 6.45) is 7.46. The molecule has 4 rings (SSSR count). The van der Waals surface area contributed by atoms with Crippen molar-refractivity contribution in [2.24, 2.45) is 5.92 Å². The van der Waals surface area contributed by atoms with Gasteiger partial charge in [0.05, 0.1) is 11.1 Å². The molecule has 2 aliphatic heterocycles. The molecule has 1 N–H and O–H groups in total. The van der Waals surface area contributed by atoms with E-state index in [1.54, 1.807) is 30.6 Å². The third-order valence-electron chi connectivity index (χ3n) is 5.04. The number of Topliss-reactive ketones (excluding diaryl/α,β-unsaturated/α-hetero) is 1. The van der Waals surface area contributed by atoms with E-state index in [2.05, 4.69) is 16.8 Å². The number of aromatic nitrogens is 1. The average Bonchev–Trinajstić information content (AvgIpc) is 2.95. The molecule has 134 valence electrons. The predicted molar refractivity (Wildman–Crippen MR) is 99.0 cm³/mol. The van der Waals surface area contributed by atoms with Crippen molar-refractivity contribution in [2.45, 2.75) is 26.3 Å². The van der Waals surface area contributed by atoms with Crippen molar-refractivity contribution in [2.75, 3.05) is 13.1 Å². The average molecular weight is 350 g/mol. The summed E-state index contributed by atoms with van der Waals surface area (Å²) in [5.41, 5.74) is 2.07. The maximum atomic E-state index is 12.7. The molecule has 5 nitrogen and oxygen atoms in total. The number of fused-ring (bicyclic) bond motifs is 1. The first-order valence-electron chi connectivity index (χ1n) is 9.03. The highest BCUT2D eigenvalue weighted by atomic mass is 16.5. The lowest BCUT2D eigenvalue weighted by Gasteiger charge is -2.31. The van der Waals surface area contributed by atoms with Gasteiger partial charge in [0.15, 0.2) is 5.76 Å². The summed E-state index contributed by atoms with van der Waals surface area (Å²) in [5, 5.41) is 10.4. The van der Waals surface area contributed by atoms with Gasteiger partial charge in [-0.3, -0.25) is 14.7 Å². The third-order valence-corrected chi connectivity index (χ3v) is 5.04. The second kappa shape index (κ2) is 6.92. The summed E-state index contributed by atoms with van der Waals surface area (Å²) in [6, 6.07) is 6.88. The lowest BCUT2D eigenvalue weighted by molar-refractivity contribution is 0.101. The van der Waals surface area contributed by atoms with Gasteiger partial charge in [0.25, 0.3) is 0 Å². The van der Waals surface area contributed by atoms with E-state index in [9.17, 15) is 9.90 Å². The molecule has 1 atom stereocenters. The van der Waals surface area contributed by atoms with E-state index < -0.39 is 0 Å². The monoisotopic (exact) mass is 350 g/mol. The minimum atomic E-state index is -0.148. The number of benzene rings is 1. The molecule has 3 heterocycles. The van der Waals surface area contributed by atoms with Crippen molar-refractivity contribution < 1.29 is 14.6 Å². The van der Waals surface area contributed by atoms with E-state index in [0.29, 0.717) is 29.3 Å². The number of allylic oxidation sites excluding steroid dienone is 1. The van der Waals surface area contributed by atoms with Gasteiger partial charge in [0, 0.05) is 25.5 Å². The highest BCUT2D eigenvalue weighted by Gasteiger charge is 2.32. The Morgan fingerprint density at radius 2 is 2.12 bits per heavy atom. The van der Waals surface area contributed by atoms with E-state index in [1.165, 1.54) is 6.42 Å². The number of piperidine rings is 1. The summed E-state index contributed by atoms with van der Waals surface area (Å²) in [4.78, 5) is 19.0. The van der Waals surface area contributed by atoms with Crippen LogP contribution in [0.5, 0.6) is 11.5 Å². The van der Waals surface area contributed by atoms with E-state index in [0.717, 1.165) is 25.1 Å². The number of ether oxygens (including phenoxy) is 1. The molecule has 1 saturated heterocycles. The molecule has 2 aromatic rings.